The number of fused-ring (bicyclic) bond motifs is 4. The molecule has 4 nitrogen and oxygen atoms in total. The number of anilines is 3. The topological polar surface area (TPSA) is 46.1 Å². The molecule has 60 heavy (non-hydrogen) atoms. The first kappa shape index (κ1) is 36.9. The van der Waals surface area contributed by atoms with Crippen LogP contribution in [0.25, 0.3) is 75.0 Å². The Morgan fingerprint density at radius 2 is 0.983 bits per heavy atom. The maximum absolute atomic E-state index is 13.2. The fourth-order valence-corrected chi connectivity index (χ4v) is 12.1. The normalized spacial score (nSPS) is 12.7. The second-order valence-corrected chi connectivity index (χ2v) is 19.4. The van der Waals surface area contributed by atoms with Gasteiger partial charge < -0.3 is 4.90 Å². The van der Waals surface area contributed by atoms with Gasteiger partial charge in [-0.1, -0.05) is 128 Å². The maximum atomic E-state index is 13.2. The fourth-order valence-electron chi connectivity index (χ4n) is 8.05. The monoisotopic (exact) mass is 845 g/mol. The smallest absolute Gasteiger partial charge is 0.124 e. The molecule has 8 heteroatoms. The molecule has 0 fully saturated rings. The van der Waals surface area contributed by atoms with Gasteiger partial charge in [0.2, 0.25) is 0 Å². The minimum atomic E-state index is -1.08. The zero-order valence-corrected chi connectivity index (χ0v) is 35.7. The van der Waals surface area contributed by atoms with Gasteiger partial charge in [0, 0.05) is 48.4 Å². The molecule has 3 heterocycles. The molecule has 0 bridgehead atoms. The van der Waals surface area contributed by atoms with E-state index in [0.717, 1.165) is 86.2 Å². The van der Waals surface area contributed by atoms with E-state index in [0.29, 0.717) is 5.75 Å². The number of para-hydroxylation sites is 2. The Bertz CT molecular complexity index is 3250. The second kappa shape index (κ2) is 15.5. The number of hydrogen-bond acceptors (Lipinski definition) is 7. The molecule has 1 atom stereocenters. The molecular formula is C52H35N3OS4. The van der Waals surface area contributed by atoms with Crippen molar-refractivity contribution in [2.75, 3.05) is 10.7 Å². The summed E-state index contributed by atoms with van der Waals surface area (Å²) in [6, 6.07) is 64.2. The first-order chi connectivity index (χ1) is 29.6. The Kier molecular flexibility index (Phi) is 9.50. The number of rotatable bonds is 8. The molecule has 288 valence electrons. The van der Waals surface area contributed by atoms with E-state index in [4.69, 9.17) is 9.97 Å². The molecule has 11 rings (SSSR count). The van der Waals surface area contributed by atoms with Crippen LogP contribution in [0.15, 0.2) is 197 Å². The van der Waals surface area contributed by atoms with Crippen molar-refractivity contribution in [3.63, 3.8) is 0 Å². The average Bonchev–Trinajstić information content (AvgIpc) is 3.96. The molecule has 10 aromatic rings. The molecule has 2 aromatic heterocycles. The lowest BCUT2D eigenvalue weighted by Gasteiger charge is -2.33. The van der Waals surface area contributed by atoms with Crippen molar-refractivity contribution in [2.45, 2.75) is 21.6 Å². The average molecular weight is 846 g/mol. The van der Waals surface area contributed by atoms with Crippen molar-refractivity contribution < 1.29 is 4.21 Å². The number of nitrogens with zero attached hydrogens (tertiary/aromatic N) is 3. The molecule has 0 saturated carbocycles. The van der Waals surface area contributed by atoms with Crippen molar-refractivity contribution in [3.8, 4) is 54.5 Å². The lowest BCUT2D eigenvalue weighted by Crippen LogP contribution is -2.15. The third kappa shape index (κ3) is 6.57. The lowest BCUT2D eigenvalue weighted by atomic mass is 10.0. The molecule has 0 radical (unpaired) electrons. The molecule has 1 aliphatic rings. The van der Waals surface area contributed by atoms with Crippen molar-refractivity contribution in [2.24, 2.45) is 0 Å². The summed E-state index contributed by atoms with van der Waals surface area (Å²) >= 11 is 5.24. The van der Waals surface area contributed by atoms with Gasteiger partial charge in [0.15, 0.2) is 0 Å². The summed E-state index contributed by atoms with van der Waals surface area (Å²) in [5, 5.41) is 1.99. The summed E-state index contributed by atoms with van der Waals surface area (Å²) in [7, 11) is -1.08. The van der Waals surface area contributed by atoms with Crippen molar-refractivity contribution in [3.05, 3.63) is 182 Å². The third-order valence-corrected chi connectivity index (χ3v) is 15.6. The summed E-state index contributed by atoms with van der Waals surface area (Å²) in [5.41, 5.74) is 14.2. The van der Waals surface area contributed by atoms with Crippen LogP contribution in [0.4, 0.5) is 17.1 Å². The van der Waals surface area contributed by atoms with E-state index < -0.39 is 10.8 Å². The Morgan fingerprint density at radius 1 is 0.483 bits per heavy atom. The van der Waals surface area contributed by atoms with E-state index in [1.54, 1.807) is 34.4 Å². The summed E-state index contributed by atoms with van der Waals surface area (Å²) < 4.78 is 15.5. The number of aromatic nitrogens is 2. The van der Waals surface area contributed by atoms with Gasteiger partial charge in [-0.25, -0.2) is 9.97 Å². The molecule has 0 amide bonds. The van der Waals surface area contributed by atoms with Crippen molar-refractivity contribution >= 4 is 82.7 Å². The highest BCUT2D eigenvalue weighted by atomic mass is 32.2. The highest BCUT2D eigenvalue weighted by molar-refractivity contribution is 7.99. The van der Waals surface area contributed by atoms with Gasteiger partial charge in [-0.3, -0.25) is 4.21 Å². The molecular weight excluding hydrogens is 811 g/mol. The SMILES string of the molecule is CCS(=O)c1ccccc1-c1ccc2c(c1)Sc1cc(-c3nc4c(-c5ccccc5)cccc4s3)ccc1N2c1ccc(-c2nc3c(-c4ccccc4)cccc3s2)cc1. The largest absolute Gasteiger partial charge is 0.308 e. The highest BCUT2D eigenvalue weighted by Gasteiger charge is 2.27. The van der Waals surface area contributed by atoms with Gasteiger partial charge in [0.25, 0.3) is 0 Å². The summed E-state index contributed by atoms with van der Waals surface area (Å²) in [6.45, 7) is 1.97. The van der Waals surface area contributed by atoms with Crippen LogP contribution in [0, 0.1) is 0 Å². The number of thiazole rings is 2. The van der Waals surface area contributed by atoms with E-state index in [9.17, 15) is 4.21 Å². The fraction of sp³-hybridized carbons (Fsp3) is 0.0385. The van der Waals surface area contributed by atoms with Gasteiger partial charge >= 0.3 is 0 Å². The summed E-state index contributed by atoms with van der Waals surface area (Å²) in [4.78, 5) is 16.0. The van der Waals surface area contributed by atoms with Crippen LogP contribution in [-0.2, 0) is 10.8 Å². The Balaban J connectivity index is 1.01. The van der Waals surface area contributed by atoms with Gasteiger partial charge in [-0.05, 0) is 95.1 Å². The predicted molar refractivity (Wildman–Crippen MR) is 256 cm³/mol. The third-order valence-electron chi connectivity index (χ3n) is 11.0. The van der Waals surface area contributed by atoms with Crippen LogP contribution in [0.3, 0.4) is 0 Å². The van der Waals surface area contributed by atoms with E-state index in [1.165, 1.54) is 20.5 Å². The van der Waals surface area contributed by atoms with Crippen LogP contribution in [0.2, 0.25) is 0 Å². The highest BCUT2D eigenvalue weighted by Crippen LogP contribution is 2.54. The van der Waals surface area contributed by atoms with Crippen molar-refractivity contribution in [1.82, 2.24) is 9.97 Å². The molecule has 1 aliphatic heterocycles. The second-order valence-electron chi connectivity index (χ2n) is 14.6. The number of benzene rings is 8. The zero-order chi connectivity index (χ0) is 40.2. The van der Waals surface area contributed by atoms with Crippen LogP contribution in [0.5, 0.6) is 0 Å². The maximum Gasteiger partial charge on any atom is 0.124 e. The van der Waals surface area contributed by atoms with Gasteiger partial charge in [-0.2, -0.15) is 0 Å². The van der Waals surface area contributed by atoms with Crippen LogP contribution in [0.1, 0.15) is 6.92 Å². The van der Waals surface area contributed by atoms with Gasteiger partial charge in [-0.15, -0.1) is 22.7 Å². The van der Waals surface area contributed by atoms with Crippen LogP contribution in [-0.4, -0.2) is 19.9 Å². The van der Waals surface area contributed by atoms with Crippen LogP contribution >= 0.6 is 34.4 Å². The number of hydrogen-bond donors (Lipinski definition) is 0. The summed E-state index contributed by atoms with van der Waals surface area (Å²) in [6.07, 6.45) is 0. The van der Waals surface area contributed by atoms with E-state index in [1.807, 2.05) is 31.2 Å². The van der Waals surface area contributed by atoms with Crippen LogP contribution < -0.4 is 4.90 Å². The zero-order valence-electron chi connectivity index (χ0n) is 32.4. The lowest BCUT2D eigenvalue weighted by molar-refractivity contribution is 0.684. The molecule has 0 spiro atoms. The minimum Gasteiger partial charge on any atom is -0.308 e. The van der Waals surface area contributed by atoms with Gasteiger partial charge in [0.05, 0.1) is 42.6 Å². The Morgan fingerprint density at radius 3 is 1.58 bits per heavy atom. The quantitative estimate of drug-likeness (QED) is 0.152. The van der Waals surface area contributed by atoms with E-state index in [-0.39, 0.29) is 0 Å². The van der Waals surface area contributed by atoms with Crippen molar-refractivity contribution in [1.29, 1.82) is 0 Å². The minimum absolute atomic E-state index is 0.570. The molecule has 0 N–H and O–H groups in total. The molecule has 0 saturated heterocycles. The predicted octanol–water partition coefficient (Wildman–Crippen LogP) is 15.3. The van der Waals surface area contributed by atoms with Gasteiger partial charge in [0.1, 0.15) is 10.0 Å². The first-order valence-electron chi connectivity index (χ1n) is 19.8. The summed E-state index contributed by atoms with van der Waals surface area (Å²) in [5.74, 6) is 0.570. The molecule has 1 unspecified atom stereocenters. The first-order valence-corrected chi connectivity index (χ1v) is 23.6. The molecule has 0 aliphatic carbocycles. The standard InChI is InChI=1S/C52H35N3OS4/c1-2-60(56)48-22-10-9-17-39(48)36-25-29-42-46(31-36)57-47-32-37(52-54-50-41(19-12-21-45(50)59-52)34-15-7-4-8-16-34)26-30-43(47)55(42)38-27-23-35(24-28-38)51-53-49-40(18-11-20-44(49)58-51)33-13-5-3-6-14-33/h3-32H,2H2,1H3. The molecule has 8 aromatic carbocycles. The van der Waals surface area contributed by atoms with E-state index >= 15 is 0 Å². The van der Waals surface area contributed by atoms with E-state index in [2.05, 4.69) is 163 Å². The Hall–Kier alpha value is -6.16. The Labute approximate surface area is 363 Å².